The van der Waals surface area contributed by atoms with Gasteiger partial charge in [0.1, 0.15) is 11.6 Å². The molecule has 26 heavy (non-hydrogen) atoms. The van der Waals surface area contributed by atoms with E-state index in [2.05, 4.69) is 20.2 Å². The molecule has 1 N–H and O–H groups in total. The third-order valence-electron chi connectivity index (χ3n) is 4.69. The summed E-state index contributed by atoms with van der Waals surface area (Å²) >= 11 is 6.18. The van der Waals surface area contributed by atoms with Gasteiger partial charge in [-0.3, -0.25) is 0 Å². The molecule has 2 aromatic rings. The topological polar surface area (TPSA) is 68.7 Å². The Bertz CT molecular complexity index is 773. The van der Waals surface area contributed by atoms with Gasteiger partial charge in [0, 0.05) is 37.8 Å². The monoisotopic (exact) mass is 376 g/mol. The van der Waals surface area contributed by atoms with Crippen molar-refractivity contribution >= 4 is 29.1 Å². The molecule has 4 rings (SSSR count). The first-order valence-corrected chi connectivity index (χ1v) is 9.02. The van der Waals surface area contributed by atoms with Crippen molar-refractivity contribution in [3.8, 4) is 5.75 Å². The molecule has 0 radical (unpaired) electrons. The van der Waals surface area contributed by atoms with Crippen LogP contribution in [0, 0.1) is 0 Å². The summed E-state index contributed by atoms with van der Waals surface area (Å²) in [5.74, 6) is 1.65. The summed E-state index contributed by atoms with van der Waals surface area (Å²) in [5.41, 5.74) is 0.839. The van der Waals surface area contributed by atoms with Gasteiger partial charge in [-0.2, -0.15) is 4.98 Å². The van der Waals surface area contributed by atoms with Crippen LogP contribution in [-0.4, -0.2) is 49.2 Å². The number of halogens is 1. The van der Waals surface area contributed by atoms with E-state index in [-0.39, 0.29) is 0 Å². The number of hydrogen-bond acceptors (Lipinski definition) is 7. The Morgan fingerprint density at radius 2 is 1.96 bits per heavy atom. The Morgan fingerprint density at radius 1 is 1.19 bits per heavy atom. The number of rotatable bonds is 4. The average molecular weight is 377 g/mol. The van der Waals surface area contributed by atoms with Crippen molar-refractivity contribution in [1.82, 2.24) is 9.97 Å². The summed E-state index contributed by atoms with van der Waals surface area (Å²) in [4.78, 5) is 11.2. The van der Waals surface area contributed by atoms with Crippen molar-refractivity contribution in [1.29, 1.82) is 0 Å². The van der Waals surface area contributed by atoms with Crippen LogP contribution in [0.3, 0.4) is 0 Å². The molecule has 2 fully saturated rings. The molecule has 1 aromatic heterocycles. The van der Waals surface area contributed by atoms with Crippen molar-refractivity contribution in [2.45, 2.75) is 18.6 Å². The highest BCUT2D eigenvalue weighted by molar-refractivity contribution is 6.32. The molecule has 0 saturated carbocycles. The molecule has 0 bridgehead atoms. The van der Waals surface area contributed by atoms with E-state index < -0.39 is 5.79 Å². The summed E-state index contributed by atoms with van der Waals surface area (Å²) in [6.45, 7) is 2.97. The lowest BCUT2D eigenvalue weighted by atomic mass is 10.0. The van der Waals surface area contributed by atoms with E-state index >= 15 is 0 Å². The van der Waals surface area contributed by atoms with Crippen molar-refractivity contribution in [2.24, 2.45) is 0 Å². The molecular formula is C18H21ClN4O3. The van der Waals surface area contributed by atoms with Crippen LogP contribution in [0.15, 0.2) is 30.5 Å². The van der Waals surface area contributed by atoms with E-state index in [1.165, 1.54) is 0 Å². The Labute approximate surface area is 157 Å². The van der Waals surface area contributed by atoms with Crippen molar-refractivity contribution in [3.05, 3.63) is 35.5 Å². The van der Waals surface area contributed by atoms with Gasteiger partial charge in [-0.25, -0.2) is 4.98 Å². The molecule has 1 spiro atoms. The van der Waals surface area contributed by atoms with Gasteiger partial charge in [-0.05, 0) is 24.3 Å². The van der Waals surface area contributed by atoms with Gasteiger partial charge in [0.05, 0.1) is 25.3 Å². The molecule has 2 aliphatic heterocycles. The van der Waals surface area contributed by atoms with Gasteiger partial charge in [0.2, 0.25) is 5.95 Å². The van der Waals surface area contributed by atoms with Crippen molar-refractivity contribution in [2.75, 3.05) is 43.6 Å². The van der Waals surface area contributed by atoms with Gasteiger partial charge in [-0.1, -0.05) is 11.6 Å². The standard InChI is InChI=1S/C18H21ClN4O3/c1-24-15-3-2-13(12-14(15)19)21-16-4-7-20-17(22-16)23-8-5-18(6-9-23)25-10-11-26-18/h2-4,7,12H,5-6,8-11H2,1H3,(H,20,21,22). The summed E-state index contributed by atoms with van der Waals surface area (Å²) in [6.07, 6.45) is 3.40. The van der Waals surface area contributed by atoms with Crippen molar-refractivity contribution < 1.29 is 14.2 Å². The number of anilines is 3. The third-order valence-corrected chi connectivity index (χ3v) is 4.98. The third kappa shape index (κ3) is 3.56. The summed E-state index contributed by atoms with van der Waals surface area (Å²) in [6, 6.07) is 7.35. The summed E-state index contributed by atoms with van der Waals surface area (Å²) in [5, 5.41) is 3.80. The fraction of sp³-hybridized carbons (Fsp3) is 0.444. The second-order valence-corrected chi connectivity index (χ2v) is 6.72. The van der Waals surface area contributed by atoms with Crippen LogP contribution in [0.25, 0.3) is 0 Å². The van der Waals surface area contributed by atoms with Gasteiger partial charge < -0.3 is 24.4 Å². The first kappa shape index (κ1) is 17.3. The minimum Gasteiger partial charge on any atom is -0.495 e. The number of hydrogen-bond donors (Lipinski definition) is 1. The molecule has 3 heterocycles. The van der Waals surface area contributed by atoms with E-state index in [1.807, 2.05) is 24.3 Å². The van der Waals surface area contributed by atoms with E-state index in [0.29, 0.717) is 35.8 Å². The van der Waals surface area contributed by atoms with Gasteiger partial charge in [0.25, 0.3) is 0 Å². The molecule has 0 aliphatic carbocycles. The zero-order valence-corrected chi connectivity index (χ0v) is 15.3. The van der Waals surface area contributed by atoms with Crippen LogP contribution in [-0.2, 0) is 9.47 Å². The minimum atomic E-state index is -0.397. The highest BCUT2D eigenvalue weighted by Crippen LogP contribution is 2.33. The van der Waals surface area contributed by atoms with Gasteiger partial charge in [-0.15, -0.1) is 0 Å². The largest absolute Gasteiger partial charge is 0.495 e. The minimum absolute atomic E-state index is 0.397. The molecule has 0 atom stereocenters. The predicted octanol–water partition coefficient (Wildman–Crippen LogP) is 3.23. The normalized spacial score (nSPS) is 18.9. The van der Waals surface area contributed by atoms with Crippen molar-refractivity contribution in [3.63, 3.8) is 0 Å². The van der Waals surface area contributed by atoms with Crippen LogP contribution in [0.2, 0.25) is 5.02 Å². The van der Waals surface area contributed by atoms with Gasteiger partial charge >= 0.3 is 0 Å². The molecule has 0 unspecified atom stereocenters. The number of aromatic nitrogens is 2. The second kappa shape index (κ2) is 7.26. The first-order chi connectivity index (χ1) is 12.7. The predicted molar refractivity (Wildman–Crippen MR) is 99.4 cm³/mol. The zero-order chi connectivity index (χ0) is 18.0. The zero-order valence-electron chi connectivity index (χ0n) is 14.6. The maximum absolute atomic E-state index is 6.18. The van der Waals surface area contributed by atoms with Gasteiger partial charge in [0.15, 0.2) is 5.79 Å². The maximum Gasteiger partial charge on any atom is 0.227 e. The average Bonchev–Trinajstić information content (AvgIpc) is 3.11. The summed E-state index contributed by atoms with van der Waals surface area (Å²) < 4.78 is 16.7. The molecular weight excluding hydrogens is 356 g/mol. The fourth-order valence-electron chi connectivity index (χ4n) is 3.30. The first-order valence-electron chi connectivity index (χ1n) is 8.64. The summed E-state index contributed by atoms with van der Waals surface area (Å²) in [7, 11) is 1.59. The van der Waals surface area contributed by atoms with E-state index in [4.69, 9.17) is 25.8 Å². The molecule has 1 aromatic carbocycles. The molecule has 138 valence electrons. The van der Waals surface area contributed by atoms with Crippen LogP contribution in [0.1, 0.15) is 12.8 Å². The van der Waals surface area contributed by atoms with E-state index in [0.717, 1.165) is 31.6 Å². The number of methoxy groups -OCH3 is 1. The Kier molecular flexibility index (Phi) is 4.84. The highest BCUT2D eigenvalue weighted by atomic mass is 35.5. The van der Waals surface area contributed by atoms with Crippen LogP contribution < -0.4 is 15.0 Å². The number of piperidine rings is 1. The van der Waals surface area contributed by atoms with E-state index in [9.17, 15) is 0 Å². The SMILES string of the molecule is COc1ccc(Nc2ccnc(N3CCC4(CC3)OCCO4)n2)cc1Cl. The molecule has 2 aliphatic rings. The van der Waals surface area contributed by atoms with Crippen LogP contribution in [0.5, 0.6) is 5.75 Å². The Balaban J connectivity index is 1.44. The van der Waals surface area contributed by atoms with E-state index in [1.54, 1.807) is 13.3 Å². The smallest absolute Gasteiger partial charge is 0.227 e. The molecule has 7 nitrogen and oxygen atoms in total. The number of nitrogens with one attached hydrogen (secondary N) is 1. The number of nitrogens with zero attached hydrogens (tertiary/aromatic N) is 3. The lowest BCUT2D eigenvalue weighted by molar-refractivity contribution is -0.169. The lowest BCUT2D eigenvalue weighted by Gasteiger charge is -2.37. The number of benzene rings is 1. The number of ether oxygens (including phenoxy) is 3. The van der Waals surface area contributed by atoms with Crippen LogP contribution in [0.4, 0.5) is 17.5 Å². The second-order valence-electron chi connectivity index (χ2n) is 6.31. The fourth-order valence-corrected chi connectivity index (χ4v) is 3.55. The maximum atomic E-state index is 6.18. The quantitative estimate of drug-likeness (QED) is 0.878. The Morgan fingerprint density at radius 3 is 2.65 bits per heavy atom. The highest BCUT2D eigenvalue weighted by Gasteiger charge is 2.40. The Hall–Kier alpha value is -2.09. The molecule has 0 amide bonds. The molecule has 2 saturated heterocycles. The van der Waals surface area contributed by atoms with Crippen LogP contribution >= 0.6 is 11.6 Å². The molecule has 8 heteroatoms. The lowest BCUT2D eigenvalue weighted by Crippen LogP contribution is -2.45.